The minimum Gasteiger partial charge on any atom is -0.480 e. The number of rotatable bonds is 10. The average molecular weight is 485 g/mol. The van der Waals surface area contributed by atoms with Gasteiger partial charge in [-0.15, -0.1) is 11.8 Å². The van der Waals surface area contributed by atoms with E-state index >= 15 is 0 Å². The van der Waals surface area contributed by atoms with Gasteiger partial charge in [0.05, 0.1) is 9.67 Å². The third kappa shape index (κ3) is 5.20. The van der Waals surface area contributed by atoms with Crippen LogP contribution in [0.5, 0.6) is 0 Å². The Morgan fingerprint density at radius 1 is 0.800 bits per heavy atom. The molecule has 4 aromatic carbocycles. The molecule has 0 aliphatic heterocycles. The van der Waals surface area contributed by atoms with Crippen molar-refractivity contribution in [2.45, 2.75) is 10.8 Å². The minimum absolute atomic E-state index is 0.153. The van der Waals surface area contributed by atoms with Gasteiger partial charge in [-0.25, -0.2) is 4.79 Å². The lowest BCUT2D eigenvalue weighted by atomic mass is 9.84. The molecule has 0 spiro atoms. The number of nitrogens with zero attached hydrogens (tertiary/aromatic N) is 1. The summed E-state index contributed by atoms with van der Waals surface area (Å²) in [6, 6.07) is 34.9. The molecule has 0 amide bonds. The molecule has 0 saturated carbocycles. The predicted molar refractivity (Wildman–Crippen MR) is 140 cm³/mol. The Morgan fingerprint density at radius 2 is 1.23 bits per heavy atom. The number of hydrogen-bond acceptors (Lipinski definition) is 5. The van der Waals surface area contributed by atoms with Gasteiger partial charge in [0.1, 0.15) is 11.7 Å². The monoisotopic (exact) mass is 484 g/mol. The Balaban J connectivity index is 1.77. The summed E-state index contributed by atoms with van der Waals surface area (Å²) in [4.78, 5) is 23.2. The van der Waals surface area contributed by atoms with Crippen LogP contribution in [0.15, 0.2) is 115 Å². The summed E-state index contributed by atoms with van der Waals surface area (Å²) >= 11 is 1.49. The fourth-order valence-corrected chi connectivity index (χ4v) is 5.65. The number of aliphatic carboxylic acids is 1. The van der Waals surface area contributed by atoms with Crippen LogP contribution in [0.2, 0.25) is 0 Å². The van der Waals surface area contributed by atoms with E-state index in [0.717, 1.165) is 16.7 Å². The lowest BCUT2D eigenvalue weighted by Gasteiger charge is -2.36. The van der Waals surface area contributed by atoms with Crippen molar-refractivity contribution in [1.82, 2.24) is 0 Å². The van der Waals surface area contributed by atoms with E-state index in [-0.39, 0.29) is 17.1 Å². The summed E-state index contributed by atoms with van der Waals surface area (Å²) in [6.07, 6.45) is 0. The van der Waals surface area contributed by atoms with Gasteiger partial charge in [0, 0.05) is 11.8 Å². The summed E-state index contributed by atoms with van der Waals surface area (Å²) in [5, 5.41) is 24.4. The Morgan fingerprint density at radius 3 is 1.66 bits per heavy atom. The van der Waals surface area contributed by atoms with Crippen molar-refractivity contribution in [3.63, 3.8) is 0 Å². The number of nitro groups is 1. The number of thioether (sulfide) groups is 1. The fraction of sp³-hybridized carbons (Fsp3) is 0.107. The number of carbonyl (C=O) groups is 1. The van der Waals surface area contributed by atoms with Crippen LogP contribution >= 0.6 is 11.8 Å². The third-order valence-electron chi connectivity index (χ3n) is 5.74. The molecule has 0 heterocycles. The number of nitro benzene ring substituents is 1. The maximum absolute atomic E-state index is 12.3. The zero-order valence-electron chi connectivity index (χ0n) is 18.8. The molecular weight excluding hydrogens is 460 g/mol. The van der Waals surface area contributed by atoms with E-state index in [1.54, 1.807) is 12.1 Å². The van der Waals surface area contributed by atoms with Crippen LogP contribution in [-0.2, 0) is 9.54 Å². The molecule has 4 aromatic rings. The van der Waals surface area contributed by atoms with Gasteiger partial charge in [-0.3, -0.25) is 10.1 Å². The Kier molecular flexibility index (Phi) is 7.48. The molecule has 35 heavy (non-hydrogen) atoms. The molecule has 0 unspecified atom stereocenters. The first-order valence-corrected chi connectivity index (χ1v) is 12.0. The molecule has 0 bridgehead atoms. The maximum Gasteiger partial charge on any atom is 0.326 e. The Hall–Kier alpha value is -4.10. The van der Waals surface area contributed by atoms with Gasteiger partial charge >= 0.3 is 5.97 Å². The fourth-order valence-electron chi connectivity index (χ4n) is 4.09. The quantitative estimate of drug-likeness (QED) is 0.159. The maximum atomic E-state index is 12.3. The largest absolute Gasteiger partial charge is 0.480 e. The topological polar surface area (TPSA) is 92.5 Å². The molecule has 0 radical (unpaired) electrons. The van der Waals surface area contributed by atoms with Gasteiger partial charge in [-0.1, -0.05) is 103 Å². The number of hydrogen-bond donors (Lipinski definition) is 2. The Bertz CT molecular complexity index is 1190. The molecule has 176 valence electrons. The number of benzene rings is 4. The van der Waals surface area contributed by atoms with Crippen LogP contribution in [0.1, 0.15) is 16.7 Å². The van der Waals surface area contributed by atoms with E-state index in [1.807, 2.05) is 91.0 Å². The number of anilines is 1. The molecule has 0 aliphatic rings. The minimum atomic E-state index is -1.08. The number of nitrogens with one attached hydrogen (secondary N) is 1. The molecule has 0 fully saturated rings. The molecular formula is C28H24N2O4S. The second-order valence-electron chi connectivity index (χ2n) is 7.90. The van der Waals surface area contributed by atoms with Gasteiger partial charge in [0.25, 0.3) is 5.69 Å². The second kappa shape index (κ2) is 10.9. The van der Waals surface area contributed by atoms with Gasteiger partial charge in [-0.2, -0.15) is 0 Å². The first-order chi connectivity index (χ1) is 17.0. The predicted octanol–water partition coefficient (Wildman–Crippen LogP) is 6.19. The highest BCUT2D eigenvalue weighted by molar-refractivity contribution is 8.00. The highest BCUT2D eigenvalue weighted by atomic mass is 32.2. The summed E-state index contributed by atoms with van der Waals surface area (Å²) < 4.78 is -0.693. The van der Waals surface area contributed by atoms with E-state index in [9.17, 15) is 20.0 Å². The number of carboxylic acid groups (broad SMARTS) is 1. The van der Waals surface area contributed by atoms with Gasteiger partial charge in [-0.05, 0) is 22.8 Å². The van der Waals surface area contributed by atoms with E-state index < -0.39 is 21.7 Å². The van der Waals surface area contributed by atoms with Crippen LogP contribution < -0.4 is 5.32 Å². The Labute approximate surface area is 207 Å². The normalized spacial score (nSPS) is 12.0. The van der Waals surface area contributed by atoms with Crippen molar-refractivity contribution >= 4 is 29.1 Å². The van der Waals surface area contributed by atoms with Crippen molar-refractivity contribution in [2.24, 2.45) is 0 Å². The number of para-hydroxylation sites is 2. The van der Waals surface area contributed by atoms with Crippen molar-refractivity contribution in [3.8, 4) is 0 Å². The molecule has 7 heteroatoms. The van der Waals surface area contributed by atoms with Crippen LogP contribution in [-0.4, -0.2) is 27.8 Å². The average Bonchev–Trinajstić information content (AvgIpc) is 2.90. The summed E-state index contributed by atoms with van der Waals surface area (Å²) in [7, 11) is 0. The van der Waals surface area contributed by atoms with Crippen molar-refractivity contribution < 1.29 is 14.8 Å². The molecule has 1 atom stereocenters. The molecule has 0 aromatic heterocycles. The highest BCUT2D eigenvalue weighted by Gasteiger charge is 2.38. The highest BCUT2D eigenvalue weighted by Crippen LogP contribution is 2.48. The smallest absolute Gasteiger partial charge is 0.326 e. The van der Waals surface area contributed by atoms with E-state index in [0.29, 0.717) is 0 Å². The van der Waals surface area contributed by atoms with Crippen LogP contribution in [0, 0.1) is 10.1 Å². The zero-order chi connectivity index (χ0) is 24.7. The molecule has 4 rings (SSSR count). The van der Waals surface area contributed by atoms with Gasteiger partial charge in [0.2, 0.25) is 0 Å². The first kappa shape index (κ1) is 24.0. The van der Waals surface area contributed by atoms with Crippen LogP contribution in [0.4, 0.5) is 11.4 Å². The van der Waals surface area contributed by atoms with E-state index in [4.69, 9.17) is 0 Å². The van der Waals surface area contributed by atoms with Crippen LogP contribution in [0.3, 0.4) is 0 Å². The first-order valence-electron chi connectivity index (χ1n) is 11.1. The van der Waals surface area contributed by atoms with Gasteiger partial charge in [0.15, 0.2) is 0 Å². The zero-order valence-corrected chi connectivity index (χ0v) is 19.6. The van der Waals surface area contributed by atoms with Crippen LogP contribution in [0.25, 0.3) is 0 Å². The SMILES string of the molecule is O=C(O)[C@@H](CSC(c1ccccc1)(c1ccccc1)c1ccccc1)Nc1ccccc1[N+](=O)[O-]. The van der Waals surface area contributed by atoms with Crippen molar-refractivity contribution in [1.29, 1.82) is 0 Å². The molecule has 2 N–H and O–H groups in total. The number of carboxylic acids is 1. The lowest BCUT2D eigenvalue weighted by Crippen LogP contribution is -2.35. The van der Waals surface area contributed by atoms with E-state index in [2.05, 4.69) is 5.32 Å². The third-order valence-corrected chi connectivity index (χ3v) is 7.38. The molecule has 0 saturated heterocycles. The lowest BCUT2D eigenvalue weighted by molar-refractivity contribution is -0.384. The second-order valence-corrected chi connectivity index (χ2v) is 9.13. The van der Waals surface area contributed by atoms with Crippen molar-refractivity contribution in [2.75, 3.05) is 11.1 Å². The van der Waals surface area contributed by atoms with E-state index in [1.165, 1.54) is 23.9 Å². The summed E-state index contributed by atoms with van der Waals surface area (Å²) in [5.41, 5.74) is 3.05. The summed E-state index contributed by atoms with van der Waals surface area (Å²) in [5.74, 6) is -0.932. The summed E-state index contributed by atoms with van der Waals surface area (Å²) in [6.45, 7) is 0. The molecule has 6 nitrogen and oxygen atoms in total. The van der Waals surface area contributed by atoms with Crippen molar-refractivity contribution in [3.05, 3.63) is 142 Å². The van der Waals surface area contributed by atoms with Gasteiger partial charge < -0.3 is 10.4 Å². The standard InChI is InChI=1S/C28H24N2O4S/c31-27(32)25(29-24-18-10-11-19-26(24)30(33)34)20-35-28(21-12-4-1-5-13-21,22-14-6-2-7-15-22)23-16-8-3-9-17-23/h1-19,25,29H,20H2,(H,31,32)/t25-/m1/s1. The molecule has 0 aliphatic carbocycles.